The molecule has 0 bridgehead atoms. The van der Waals surface area contributed by atoms with Crippen molar-refractivity contribution in [1.82, 2.24) is 10.3 Å². The molecule has 0 aliphatic rings. The van der Waals surface area contributed by atoms with Gasteiger partial charge in [-0.2, -0.15) is 5.26 Å². The highest BCUT2D eigenvalue weighted by molar-refractivity contribution is 5.97. The molecule has 4 aromatic rings. The number of primary amides is 1. The lowest BCUT2D eigenvalue weighted by Gasteiger charge is -2.17. The number of aromatic nitrogens is 1. The SMILES string of the molecule is N#Cc1ccccc1Oc1ccc(NC(=O)[C@H](Cc2c[nH]c3ccccc23)NC(N)=O)cc1. The van der Waals surface area contributed by atoms with E-state index in [0.717, 1.165) is 16.5 Å². The number of carbonyl (C=O) groups excluding carboxylic acids is 2. The van der Waals surface area contributed by atoms with Crippen LogP contribution in [-0.4, -0.2) is 23.0 Å². The van der Waals surface area contributed by atoms with E-state index in [4.69, 9.17) is 10.5 Å². The zero-order valence-corrected chi connectivity index (χ0v) is 17.5. The second kappa shape index (κ2) is 9.58. The maximum atomic E-state index is 12.9. The number of fused-ring (bicyclic) bond motifs is 1. The van der Waals surface area contributed by atoms with Crippen LogP contribution in [-0.2, 0) is 11.2 Å². The first-order valence-corrected chi connectivity index (χ1v) is 10.2. The summed E-state index contributed by atoms with van der Waals surface area (Å²) in [7, 11) is 0. The molecule has 0 aliphatic heterocycles. The smallest absolute Gasteiger partial charge is 0.312 e. The number of nitriles is 1. The molecular formula is C25H21N5O3. The summed E-state index contributed by atoms with van der Waals surface area (Å²) in [6, 6.07) is 21.8. The van der Waals surface area contributed by atoms with Crippen molar-refractivity contribution in [1.29, 1.82) is 5.26 Å². The predicted octanol–water partition coefficient (Wildman–Crippen LogP) is 4.05. The van der Waals surface area contributed by atoms with Gasteiger partial charge in [0.25, 0.3) is 0 Å². The molecule has 5 N–H and O–H groups in total. The van der Waals surface area contributed by atoms with E-state index in [0.29, 0.717) is 22.7 Å². The highest BCUT2D eigenvalue weighted by Crippen LogP contribution is 2.26. The van der Waals surface area contributed by atoms with Crippen LogP contribution in [0, 0.1) is 11.3 Å². The normalized spacial score (nSPS) is 11.4. The topological polar surface area (TPSA) is 133 Å². The third-order valence-electron chi connectivity index (χ3n) is 5.09. The Morgan fingerprint density at radius 3 is 2.52 bits per heavy atom. The Balaban J connectivity index is 1.46. The van der Waals surface area contributed by atoms with E-state index in [9.17, 15) is 14.9 Å². The maximum absolute atomic E-state index is 12.9. The van der Waals surface area contributed by atoms with Crippen LogP contribution in [0.15, 0.2) is 79.0 Å². The lowest BCUT2D eigenvalue weighted by molar-refractivity contribution is -0.117. The zero-order chi connectivity index (χ0) is 23.2. The number of para-hydroxylation sites is 2. The molecular weight excluding hydrogens is 418 g/mol. The van der Waals surface area contributed by atoms with E-state index < -0.39 is 18.0 Å². The number of hydrogen-bond acceptors (Lipinski definition) is 4. The van der Waals surface area contributed by atoms with E-state index in [1.165, 1.54) is 0 Å². The van der Waals surface area contributed by atoms with Crippen LogP contribution in [0.2, 0.25) is 0 Å². The second-order valence-electron chi connectivity index (χ2n) is 7.35. The molecule has 0 saturated heterocycles. The van der Waals surface area contributed by atoms with Crippen LogP contribution in [0.1, 0.15) is 11.1 Å². The fourth-order valence-corrected chi connectivity index (χ4v) is 3.51. The lowest BCUT2D eigenvalue weighted by atomic mass is 10.0. The molecule has 164 valence electrons. The van der Waals surface area contributed by atoms with Gasteiger partial charge in [-0.05, 0) is 48.0 Å². The van der Waals surface area contributed by atoms with Gasteiger partial charge in [0.05, 0.1) is 5.56 Å². The van der Waals surface area contributed by atoms with Gasteiger partial charge in [0.15, 0.2) is 0 Å². The average molecular weight is 439 g/mol. The molecule has 1 aromatic heterocycles. The third kappa shape index (κ3) is 5.11. The van der Waals surface area contributed by atoms with Crippen molar-refractivity contribution in [2.45, 2.75) is 12.5 Å². The quantitative estimate of drug-likeness (QED) is 0.346. The van der Waals surface area contributed by atoms with Gasteiger partial charge in [-0.25, -0.2) is 4.79 Å². The van der Waals surface area contributed by atoms with E-state index in [-0.39, 0.29) is 6.42 Å². The number of urea groups is 1. The van der Waals surface area contributed by atoms with Gasteiger partial charge in [-0.3, -0.25) is 4.79 Å². The van der Waals surface area contributed by atoms with Gasteiger partial charge in [-0.15, -0.1) is 0 Å². The second-order valence-corrected chi connectivity index (χ2v) is 7.35. The number of H-pyrrole nitrogens is 1. The van der Waals surface area contributed by atoms with Crippen LogP contribution < -0.4 is 21.1 Å². The lowest BCUT2D eigenvalue weighted by Crippen LogP contribution is -2.47. The molecule has 3 aromatic carbocycles. The molecule has 4 rings (SSSR count). The Morgan fingerprint density at radius 1 is 1.03 bits per heavy atom. The summed E-state index contributed by atoms with van der Waals surface area (Å²) in [6.45, 7) is 0. The Morgan fingerprint density at radius 2 is 1.76 bits per heavy atom. The summed E-state index contributed by atoms with van der Waals surface area (Å²) in [5.74, 6) is 0.560. The molecule has 0 aliphatic carbocycles. The summed E-state index contributed by atoms with van der Waals surface area (Å²) < 4.78 is 5.76. The molecule has 0 radical (unpaired) electrons. The molecule has 0 unspecified atom stereocenters. The molecule has 8 nitrogen and oxygen atoms in total. The predicted molar refractivity (Wildman–Crippen MR) is 125 cm³/mol. The number of ether oxygens (including phenoxy) is 1. The Kier molecular flexibility index (Phi) is 6.23. The zero-order valence-electron chi connectivity index (χ0n) is 17.5. The first-order valence-electron chi connectivity index (χ1n) is 10.2. The Labute approximate surface area is 190 Å². The molecule has 8 heteroatoms. The van der Waals surface area contributed by atoms with Crippen molar-refractivity contribution in [3.8, 4) is 17.6 Å². The van der Waals surface area contributed by atoms with Crippen LogP contribution >= 0.6 is 0 Å². The van der Waals surface area contributed by atoms with E-state index in [1.807, 2.05) is 30.5 Å². The first-order chi connectivity index (χ1) is 16.0. The van der Waals surface area contributed by atoms with Crippen molar-refractivity contribution in [2.24, 2.45) is 5.73 Å². The molecule has 1 heterocycles. The minimum absolute atomic E-state index is 0.269. The Hall–Kier alpha value is -4.77. The number of nitrogens with zero attached hydrogens (tertiary/aromatic N) is 1. The number of rotatable bonds is 7. The van der Waals surface area contributed by atoms with Crippen LogP contribution in [0.4, 0.5) is 10.5 Å². The monoisotopic (exact) mass is 439 g/mol. The van der Waals surface area contributed by atoms with Gasteiger partial charge in [0.2, 0.25) is 5.91 Å². The summed E-state index contributed by atoms with van der Waals surface area (Å²) in [4.78, 5) is 27.6. The van der Waals surface area contributed by atoms with Gasteiger partial charge < -0.3 is 26.1 Å². The number of aromatic amines is 1. The van der Waals surface area contributed by atoms with Gasteiger partial charge >= 0.3 is 6.03 Å². The van der Waals surface area contributed by atoms with Crippen molar-refractivity contribution in [2.75, 3.05) is 5.32 Å². The summed E-state index contributed by atoms with van der Waals surface area (Å²) in [5, 5.41) is 15.5. The standard InChI is InChI=1S/C25H21N5O3/c26-14-16-5-1-4-8-23(16)33-19-11-9-18(10-12-19)29-24(31)22(30-25(27)32)13-17-15-28-21-7-3-2-6-20(17)21/h1-12,15,22,28H,13H2,(H,29,31)(H3,27,30,32)/t22-/m0/s1. The highest BCUT2D eigenvalue weighted by Gasteiger charge is 2.22. The van der Waals surface area contributed by atoms with Crippen LogP contribution in [0.25, 0.3) is 10.9 Å². The average Bonchev–Trinajstić information content (AvgIpc) is 3.23. The first kappa shape index (κ1) is 21.5. The van der Waals surface area contributed by atoms with E-state index in [2.05, 4.69) is 21.7 Å². The van der Waals surface area contributed by atoms with Crippen LogP contribution in [0.3, 0.4) is 0 Å². The minimum atomic E-state index is -0.861. The van der Waals surface area contributed by atoms with Crippen molar-refractivity contribution in [3.05, 3.63) is 90.1 Å². The fourth-order valence-electron chi connectivity index (χ4n) is 3.51. The number of amides is 3. The van der Waals surface area contributed by atoms with Crippen molar-refractivity contribution < 1.29 is 14.3 Å². The maximum Gasteiger partial charge on any atom is 0.312 e. The van der Waals surface area contributed by atoms with Crippen molar-refractivity contribution >= 4 is 28.5 Å². The number of anilines is 1. The Bertz CT molecular complexity index is 1340. The number of nitrogens with two attached hydrogens (primary N) is 1. The van der Waals surface area contributed by atoms with E-state index in [1.54, 1.807) is 48.5 Å². The minimum Gasteiger partial charge on any atom is -0.456 e. The molecule has 0 saturated carbocycles. The van der Waals surface area contributed by atoms with Gasteiger partial charge in [0, 0.05) is 29.2 Å². The largest absolute Gasteiger partial charge is 0.456 e. The summed E-state index contributed by atoms with van der Waals surface area (Å²) in [5.41, 5.74) is 8.09. The molecule has 0 spiro atoms. The highest BCUT2D eigenvalue weighted by atomic mass is 16.5. The number of nitrogens with one attached hydrogen (secondary N) is 3. The van der Waals surface area contributed by atoms with Crippen LogP contribution in [0.5, 0.6) is 11.5 Å². The van der Waals surface area contributed by atoms with Gasteiger partial charge in [-0.1, -0.05) is 30.3 Å². The van der Waals surface area contributed by atoms with Crippen molar-refractivity contribution in [3.63, 3.8) is 0 Å². The molecule has 1 atom stereocenters. The third-order valence-corrected chi connectivity index (χ3v) is 5.09. The van der Waals surface area contributed by atoms with Gasteiger partial charge in [0.1, 0.15) is 23.6 Å². The van der Waals surface area contributed by atoms with E-state index >= 15 is 0 Å². The number of hydrogen-bond donors (Lipinski definition) is 4. The summed E-state index contributed by atoms with van der Waals surface area (Å²) >= 11 is 0. The summed E-state index contributed by atoms with van der Waals surface area (Å²) in [6.07, 6.45) is 2.09. The number of benzene rings is 3. The molecule has 0 fully saturated rings. The molecule has 3 amide bonds. The fraction of sp³-hybridized carbons (Fsp3) is 0.0800. The molecule has 33 heavy (non-hydrogen) atoms. The number of carbonyl (C=O) groups is 2.